The first-order valence-electron chi connectivity index (χ1n) is 10.2. The number of aromatic nitrogens is 1. The van der Waals surface area contributed by atoms with Gasteiger partial charge in [-0.25, -0.2) is 9.78 Å². The van der Waals surface area contributed by atoms with E-state index in [1.54, 1.807) is 21.1 Å². The van der Waals surface area contributed by atoms with Gasteiger partial charge in [-0.05, 0) is 25.2 Å². The summed E-state index contributed by atoms with van der Waals surface area (Å²) in [5.41, 5.74) is -0.151. The fourth-order valence-electron chi connectivity index (χ4n) is 3.54. The van der Waals surface area contributed by atoms with E-state index in [9.17, 15) is 9.59 Å². The molecule has 2 N–H and O–H groups in total. The third kappa shape index (κ3) is 4.84. The highest BCUT2D eigenvalue weighted by Crippen LogP contribution is 2.28. The number of aryl methyl sites for hydroxylation is 1. The number of hydrogen-bond acceptors (Lipinski definition) is 5. The molecule has 0 saturated carbocycles. The predicted molar refractivity (Wildman–Crippen MR) is 113 cm³/mol. The number of thiazole rings is 1. The summed E-state index contributed by atoms with van der Waals surface area (Å²) in [5, 5.41) is 9.46. The predicted octanol–water partition coefficient (Wildman–Crippen LogP) is 2.81. The molecule has 2 heterocycles. The number of urea groups is 1. The Balaban J connectivity index is 2.27. The van der Waals surface area contributed by atoms with Gasteiger partial charge in [0.1, 0.15) is 0 Å². The first kappa shape index (κ1) is 22.6. The van der Waals surface area contributed by atoms with Gasteiger partial charge in [0.2, 0.25) is 0 Å². The highest BCUT2D eigenvalue weighted by atomic mass is 32.1. The Morgan fingerprint density at radius 1 is 1.32 bits per heavy atom. The van der Waals surface area contributed by atoms with Crippen LogP contribution in [0.5, 0.6) is 0 Å². The molecule has 0 radical (unpaired) electrons. The van der Waals surface area contributed by atoms with Gasteiger partial charge in [0.15, 0.2) is 5.66 Å². The van der Waals surface area contributed by atoms with Crippen molar-refractivity contribution in [1.29, 1.82) is 0 Å². The molecule has 0 aromatic carbocycles. The molecule has 1 aliphatic heterocycles. The van der Waals surface area contributed by atoms with Gasteiger partial charge in [0.05, 0.1) is 17.2 Å². The lowest BCUT2D eigenvalue weighted by molar-refractivity contribution is -0.137. The van der Waals surface area contributed by atoms with Crippen LogP contribution in [0.25, 0.3) is 0 Å². The van der Waals surface area contributed by atoms with Crippen LogP contribution in [0.4, 0.5) is 4.79 Å². The lowest BCUT2D eigenvalue weighted by Crippen LogP contribution is -2.71. The molecular formula is C20H35N5O2S. The maximum atomic E-state index is 13.3. The van der Waals surface area contributed by atoms with E-state index < -0.39 is 5.66 Å². The molecule has 1 aromatic heterocycles. The van der Waals surface area contributed by atoms with Gasteiger partial charge in [-0.1, -0.05) is 34.6 Å². The first-order valence-corrected chi connectivity index (χ1v) is 11.1. The highest BCUT2D eigenvalue weighted by molar-refractivity contribution is 7.09. The molecule has 2 rings (SSSR count). The smallest absolute Gasteiger partial charge is 0.322 e. The van der Waals surface area contributed by atoms with Crippen LogP contribution < -0.4 is 10.6 Å². The SMILES string of the molecule is CCCNC(=O)C(NCC(C)C)(C(C)C)N1CCN(Cc2csc(C)n2)C1=O. The standard InChI is InChI=1S/C20H35N5O2S/c1-7-8-21-18(26)20(15(4)5,22-11-14(2)3)25-10-9-24(19(25)27)12-17-13-28-16(6)23-17/h13-15,22H,7-12H2,1-6H3,(H,21,26). The number of nitrogens with one attached hydrogen (secondary N) is 2. The van der Waals surface area contributed by atoms with E-state index in [0.29, 0.717) is 38.6 Å². The van der Waals surface area contributed by atoms with Gasteiger partial charge in [0, 0.05) is 31.6 Å². The van der Waals surface area contributed by atoms with Crippen LogP contribution in [0.3, 0.4) is 0 Å². The number of carbonyl (C=O) groups is 2. The van der Waals surface area contributed by atoms with Crippen molar-refractivity contribution >= 4 is 23.3 Å². The molecule has 28 heavy (non-hydrogen) atoms. The summed E-state index contributed by atoms with van der Waals surface area (Å²) in [7, 11) is 0. The third-order valence-electron chi connectivity index (χ3n) is 5.04. The summed E-state index contributed by atoms with van der Waals surface area (Å²) < 4.78 is 0. The van der Waals surface area contributed by atoms with Crippen molar-refractivity contribution in [2.24, 2.45) is 11.8 Å². The second-order valence-corrected chi connectivity index (χ2v) is 9.23. The second kappa shape index (κ2) is 9.69. The number of nitrogens with zero attached hydrogens (tertiary/aromatic N) is 3. The van der Waals surface area contributed by atoms with E-state index in [2.05, 4.69) is 29.5 Å². The number of carbonyl (C=O) groups excluding carboxylic acids is 2. The van der Waals surface area contributed by atoms with E-state index in [0.717, 1.165) is 17.1 Å². The minimum atomic E-state index is -1.05. The van der Waals surface area contributed by atoms with E-state index in [1.165, 1.54) is 0 Å². The molecule has 1 aromatic rings. The largest absolute Gasteiger partial charge is 0.353 e. The van der Waals surface area contributed by atoms with Crippen molar-refractivity contribution < 1.29 is 9.59 Å². The van der Waals surface area contributed by atoms with Crippen LogP contribution in [0.1, 0.15) is 51.7 Å². The molecule has 1 fully saturated rings. The minimum Gasteiger partial charge on any atom is -0.353 e. The van der Waals surface area contributed by atoms with Gasteiger partial charge in [-0.3, -0.25) is 15.0 Å². The zero-order valence-corrected chi connectivity index (χ0v) is 18.9. The fraction of sp³-hybridized carbons (Fsp3) is 0.750. The van der Waals surface area contributed by atoms with Gasteiger partial charge in [0.25, 0.3) is 5.91 Å². The zero-order valence-electron chi connectivity index (χ0n) is 18.0. The van der Waals surface area contributed by atoms with Gasteiger partial charge in [-0.15, -0.1) is 11.3 Å². The molecule has 3 amide bonds. The molecule has 1 saturated heterocycles. The number of hydrogen-bond donors (Lipinski definition) is 2. The molecule has 0 bridgehead atoms. The minimum absolute atomic E-state index is 0.0754. The van der Waals surface area contributed by atoms with E-state index in [-0.39, 0.29) is 17.9 Å². The van der Waals surface area contributed by atoms with Crippen molar-refractivity contribution in [3.8, 4) is 0 Å². The second-order valence-electron chi connectivity index (χ2n) is 8.17. The Morgan fingerprint density at radius 2 is 2.04 bits per heavy atom. The molecule has 8 heteroatoms. The van der Waals surface area contributed by atoms with Crippen LogP contribution >= 0.6 is 11.3 Å². The Labute approximate surface area is 172 Å². The number of rotatable bonds is 10. The summed E-state index contributed by atoms with van der Waals surface area (Å²) in [5.74, 6) is 0.169. The maximum absolute atomic E-state index is 13.3. The van der Waals surface area contributed by atoms with Crippen molar-refractivity contribution in [3.05, 3.63) is 16.1 Å². The van der Waals surface area contributed by atoms with E-state index in [4.69, 9.17) is 0 Å². The normalized spacial score (nSPS) is 16.9. The summed E-state index contributed by atoms with van der Waals surface area (Å²) in [6, 6.07) is -0.109. The highest BCUT2D eigenvalue weighted by Gasteiger charge is 2.51. The number of amides is 3. The average Bonchev–Trinajstić information content (AvgIpc) is 3.20. The van der Waals surface area contributed by atoms with E-state index in [1.807, 2.05) is 33.1 Å². The van der Waals surface area contributed by atoms with Gasteiger partial charge >= 0.3 is 6.03 Å². The molecule has 1 atom stereocenters. The van der Waals surface area contributed by atoms with Crippen LogP contribution in [0.15, 0.2) is 5.38 Å². The first-order chi connectivity index (χ1) is 13.2. The molecule has 1 unspecified atom stereocenters. The molecule has 0 aliphatic carbocycles. The van der Waals surface area contributed by atoms with Crippen LogP contribution in [0.2, 0.25) is 0 Å². The van der Waals surface area contributed by atoms with Gasteiger partial charge < -0.3 is 10.2 Å². The fourth-order valence-corrected chi connectivity index (χ4v) is 4.15. The maximum Gasteiger partial charge on any atom is 0.322 e. The Morgan fingerprint density at radius 3 is 2.57 bits per heavy atom. The molecule has 7 nitrogen and oxygen atoms in total. The van der Waals surface area contributed by atoms with E-state index >= 15 is 0 Å². The Kier molecular flexibility index (Phi) is 7.83. The van der Waals surface area contributed by atoms with Crippen molar-refractivity contribution in [2.75, 3.05) is 26.2 Å². The zero-order chi connectivity index (χ0) is 20.9. The van der Waals surface area contributed by atoms with Crippen molar-refractivity contribution in [1.82, 2.24) is 25.4 Å². The summed E-state index contributed by atoms with van der Waals surface area (Å²) in [6.45, 7) is 15.0. The van der Waals surface area contributed by atoms with Crippen molar-refractivity contribution in [3.63, 3.8) is 0 Å². The monoisotopic (exact) mass is 409 g/mol. The van der Waals surface area contributed by atoms with Crippen LogP contribution in [-0.2, 0) is 11.3 Å². The quantitative estimate of drug-likeness (QED) is 0.623. The topological polar surface area (TPSA) is 77.6 Å². The van der Waals surface area contributed by atoms with Crippen LogP contribution in [-0.4, -0.2) is 58.6 Å². The summed E-state index contributed by atoms with van der Waals surface area (Å²) >= 11 is 1.59. The third-order valence-corrected chi connectivity index (χ3v) is 5.86. The molecule has 1 aliphatic rings. The van der Waals surface area contributed by atoms with Crippen LogP contribution in [0, 0.1) is 18.8 Å². The molecule has 158 valence electrons. The van der Waals surface area contributed by atoms with Crippen molar-refractivity contribution in [2.45, 2.75) is 60.2 Å². The summed E-state index contributed by atoms with van der Waals surface area (Å²) in [4.78, 5) is 34.6. The summed E-state index contributed by atoms with van der Waals surface area (Å²) in [6.07, 6.45) is 0.855. The average molecular weight is 410 g/mol. The lowest BCUT2D eigenvalue weighted by atomic mass is 9.91. The lowest BCUT2D eigenvalue weighted by Gasteiger charge is -2.44. The molecule has 0 spiro atoms. The Bertz CT molecular complexity index is 675. The molecular weight excluding hydrogens is 374 g/mol. The Hall–Kier alpha value is -1.67. The van der Waals surface area contributed by atoms with Gasteiger partial charge in [-0.2, -0.15) is 0 Å².